The monoisotopic (exact) mass is 1040 g/mol. The van der Waals surface area contributed by atoms with Crippen molar-refractivity contribution in [2.24, 2.45) is 0 Å². The zero-order chi connectivity index (χ0) is 54.7. The Labute approximate surface area is 449 Å². The van der Waals surface area contributed by atoms with Crippen LogP contribution in [0.2, 0.25) is 0 Å². The number of aliphatic hydroxyl groups excluding tert-OH is 2. The van der Waals surface area contributed by atoms with E-state index in [1.54, 1.807) is 0 Å². The number of carbonyl (C=O) groups excluding carboxylic acids is 3. The molecule has 1 aliphatic rings. The number of carboxylic acids is 1. The molecule has 1 saturated heterocycles. The smallest absolute Gasteiger partial charge is 0.335 e. The molecule has 0 aliphatic carbocycles. The van der Waals surface area contributed by atoms with Crippen LogP contribution in [0.15, 0.2) is 170 Å². The standard InChI is InChI=1S/C63H90O12/c1-4-7-10-13-16-19-22-25-26-27-28-29-30-33-34-37-40-43-46-49-55(64)71-52-54(73-56(65)50-47-44-41-38-35-31-23-20-17-14-11-8-5-2)53-72-63-61(59(68)58(67)60(75-63)62(69)70)74-57(66)51-48-45-42-39-36-32-24-21-18-15-12-9-6-3/h7-12,16-21,25-26,28-29,31-36,40-45,54,58-61,63,67-68H,4-6,13-15,22-24,27,30,37-39,46-53H2,1-3H3,(H,69,70)/b10-7-,11-8-,12-9-,19-16-,20-17-,21-18-,26-25-,29-28-,34-33-,35-31-,36-32-,43-40-,44-41-,45-42-. The topological polar surface area (TPSA) is 175 Å². The quantitative estimate of drug-likeness (QED) is 0.0300. The molecule has 1 aliphatic heterocycles. The van der Waals surface area contributed by atoms with Crippen LogP contribution in [0.4, 0.5) is 0 Å². The van der Waals surface area contributed by atoms with Crippen LogP contribution >= 0.6 is 0 Å². The van der Waals surface area contributed by atoms with Gasteiger partial charge in [0.2, 0.25) is 0 Å². The summed E-state index contributed by atoms with van der Waals surface area (Å²) >= 11 is 0. The fourth-order valence-electron chi connectivity index (χ4n) is 6.77. The van der Waals surface area contributed by atoms with Crippen LogP contribution in [0.25, 0.3) is 0 Å². The Balaban J connectivity index is 2.85. The third-order valence-corrected chi connectivity index (χ3v) is 10.8. The molecule has 75 heavy (non-hydrogen) atoms. The fourth-order valence-corrected chi connectivity index (χ4v) is 6.77. The van der Waals surface area contributed by atoms with Gasteiger partial charge in [0.1, 0.15) is 18.8 Å². The van der Waals surface area contributed by atoms with E-state index in [4.69, 9.17) is 23.7 Å². The second-order valence-electron chi connectivity index (χ2n) is 17.4. The molecule has 0 aromatic rings. The van der Waals surface area contributed by atoms with E-state index in [0.29, 0.717) is 38.5 Å². The molecule has 12 heteroatoms. The van der Waals surface area contributed by atoms with Gasteiger partial charge in [-0.3, -0.25) is 14.4 Å². The van der Waals surface area contributed by atoms with Crippen molar-refractivity contribution in [2.45, 2.75) is 186 Å². The summed E-state index contributed by atoms with van der Waals surface area (Å²) in [5.74, 6) is -3.49. The van der Waals surface area contributed by atoms with Crippen molar-refractivity contribution in [1.82, 2.24) is 0 Å². The molecule has 0 bridgehead atoms. The molecular weight excluding hydrogens is 949 g/mol. The van der Waals surface area contributed by atoms with Crippen LogP contribution in [0.1, 0.15) is 149 Å². The van der Waals surface area contributed by atoms with Gasteiger partial charge in [0.25, 0.3) is 0 Å². The molecule has 0 radical (unpaired) electrons. The van der Waals surface area contributed by atoms with Crippen molar-refractivity contribution >= 4 is 23.9 Å². The summed E-state index contributed by atoms with van der Waals surface area (Å²) in [4.78, 5) is 50.8. The predicted molar refractivity (Wildman–Crippen MR) is 302 cm³/mol. The number of rotatable bonds is 42. The first-order valence-corrected chi connectivity index (χ1v) is 27.1. The van der Waals surface area contributed by atoms with Crippen molar-refractivity contribution in [1.29, 1.82) is 0 Å². The molecule has 414 valence electrons. The van der Waals surface area contributed by atoms with Crippen LogP contribution in [0.5, 0.6) is 0 Å². The second-order valence-corrected chi connectivity index (χ2v) is 17.4. The number of carbonyl (C=O) groups is 4. The highest BCUT2D eigenvalue weighted by Crippen LogP contribution is 2.26. The van der Waals surface area contributed by atoms with Crippen molar-refractivity contribution in [2.75, 3.05) is 13.2 Å². The predicted octanol–water partition coefficient (Wildman–Crippen LogP) is 13.5. The lowest BCUT2D eigenvalue weighted by Crippen LogP contribution is -2.61. The second kappa shape index (κ2) is 49.0. The number of carboxylic acid groups (broad SMARTS) is 1. The fraction of sp³-hybridized carbons (Fsp3) is 0.492. The van der Waals surface area contributed by atoms with Crippen molar-refractivity contribution in [3.63, 3.8) is 0 Å². The number of aliphatic carboxylic acids is 1. The molecule has 0 saturated carbocycles. The molecular formula is C63H90O12. The summed E-state index contributed by atoms with van der Waals surface area (Å²) in [5.41, 5.74) is 0. The molecule has 1 fully saturated rings. The summed E-state index contributed by atoms with van der Waals surface area (Å²) in [5, 5.41) is 31.3. The minimum absolute atomic E-state index is 0.00674. The molecule has 0 aromatic carbocycles. The lowest BCUT2D eigenvalue weighted by molar-refractivity contribution is -0.301. The first kappa shape index (κ1) is 67.1. The summed E-state index contributed by atoms with van der Waals surface area (Å²) in [6.07, 6.45) is 61.0. The normalized spacial score (nSPS) is 19.5. The van der Waals surface area contributed by atoms with Crippen LogP contribution in [0.3, 0.4) is 0 Å². The minimum Gasteiger partial charge on any atom is -0.479 e. The molecule has 0 spiro atoms. The van der Waals surface area contributed by atoms with Gasteiger partial charge in [-0.25, -0.2) is 4.79 Å². The van der Waals surface area contributed by atoms with E-state index in [2.05, 4.69) is 142 Å². The van der Waals surface area contributed by atoms with Gasteiger partial charge in [-0.2, -0.15) is 0 Å². The molecule has 0 amide bonds. The third-order valence-electron chi connectivity index (χ3n) is 10.8. The summed E-state index contributed by atoms with van der Waals surface area (Å²) in [7, 11) is 0. The van der Waals surface area contributed by atoms with Crippen LogP contribution in [-0.2, 0) is 42.9 Å². The van der Waals surface area contributed by atoms with E-state index in [9.17, 15) is 34.5 Å². The molecule has 6 unspecified atom stereocenters. The Morgan fingerprint density at radius 2 is 0.747 bits per heavy atom. The first-order valence-electron chi connectivity index (χ1n) is 27.1. The van der Waals surface area contributed by atoms with Gasteiger partial charge in [-0.05, 0) is 109 Å². The number of hydrogen-bond donors (Lipinski definition) is 3. The third kappa shape index (κ3) is 39.2. The first-order chi connectivity index (χ1) is 36.6. The van der Waals surface area contributed by atoms with Gasteiger partial charge in [0.15, 0.2) is 24.6 Å². The van der Waals surface area contributed by atoms with Crippen molar-refractivity contribution in [3.8, 4) is 0 Å². The van der Waals surface area contributed by atoms with E-state index in [1.807, 2.05) is 48.6 Å². The average Bonchev–Trinajstić information content (AvgIpc) is 3.39. The van der Waals surface area contributed by atoms with Crippen LogP contribution < -0.4 is 0 Å². The highest BCUT2D eigenvalue weighted by molar-refractivity contribution is 5.74. The molecule has 3 N–H and O–H groups in total. The number of hydrogen-bond acceptors (Lipinski definition) is 11. The van der Waals surface area contributed by atoms with Gasteiger partial charge in [-0.1, -0.05) is 191 Å². The average molecular weight is 1040 g/mol. The lowest BCUT2D eigenvalue weighted by atomic mass is 9.98. The number of ether oxygens (including phenoxy) is 5. The maximum Gasteiger partial charge on any atom is 0.335 e. The molecule has 1 heterocycles. The molecule has 0 aromatic heterocycles. The van der Waals surface area contributed by atoms with E-state index in [1.165, 1.54) is 0 Å². The Kier molecular flexibility index (Phi) is 43.8. The maximum absolute atomic E-state index is 13.1. The van der Waals surface area contributed by atoms with Gasteiger partial charge < -0.3 is 39.0 Å². The zero-order valence-corrected chi connectivity index (χ0v) is 45.2. The van der Waals surface area contributed by atoms with Crippen molar-refractivity contribution < 1.29 is 58.2 Å². The van der Waals surface area contributed by atoms with E-state index in [0.717, 1.165) is 70.6 Å². The maximum atomic E-state index is 13.1. The number of aliphatic hydroxyl groups is 2. The lowest BCUT2D eigenvalue weighted by Gasteiger charge is -2.40. The Hall–Kier alpha value is -5.92. The van der Waals surface area contributed by atoms with Gasteiger partial charge in [0, 0.05) is 19.3 Å². The molecule has 1 rings (SSSR count). The van der Waals surface area contributed by atoms with Crippen LogP contribution in [0, 0.1) is 0 Å². The summed E-state index contributed by atoms with van der Waals surface area (Å²) in [6, 6.07) is 0. The minimum atomic E-state index is -1.96. The van der Waals surface area contributed by atoms with Gasteiger partial charge in [0.05, 0.1) is 6.61 Å². The van der Waals surface area contributed by atoms with E-state index < -0.39 is 73.9 Å². The van der Waals surface area contributed by atoms with E-state index >= 15 is 0 Å². The van der Waals surface area contributed by atoms with Gasteiger partial charge in [-0.15, -0.1) is 0 Å². The van der Waals surface area contributed by atoms with Crippen molar-refractivity contribution in [3.05, 3.63) is 170 Å². The highest BCUT2D eigenvalue weighted by Gasteiger charge is 2.50. The Bertz CT molecular complexity index is 1950. The molecule has 12 nitrogen and oxygen atoms in total. The molecule has 6 atom stereocenters. The zero-order valence-electron chi connectivity index (χ0n) is 45.2. The van der Waals surface area contributed by atoms with E-state index in [-0.39, 0.29) is 19.3 Å². The Morgan fingerprint density at radius 3 is 1.09 bits per heavy atom. The highest BCUT2D eigenvalue weighted by atomic mass is 16.7. The number of esters is 3. The summed E-state index contributed by atoms with van der Waals surface area (Å²) < 4.78 is 28.0. The Morgan fingerprint density at radius 1 is 0.427 bits per heavy atom. The van der Waals surface area contributed by atoms with Crippen LogP contribution in [-0.4, -0.2) is 89.2 Å². The number of allylic oxidation sites excluding steroid dienone is 28. The summed E-state index contributed by atoms with van der Waals surface area (Å²) in [6.45, 7) is 5.43. The SMILES string of the molecule is CC/C=C\C/C=C\C/C=C\C/C=C\C/C=C\C/C=C\CCC(=O)OCC(COC1OC(C(=O)O)C(O)C(O)C1OC(=O)CC/C=C\C/C=C\C/C=C\C/C=C\CC)OC(=O)CC/C=C\C/C=C\C/C=C\C/C=C\CC. The largest absolute Gasteiger partial charge is 0.479 e. The van der Waals surface area contributed by atoms with Gasteiger partial charge >= 0.3 is 23.9 Å².